The van der Waals surface area contributed by atoms with Crippen LogP contribution in [0.3, 0.4) is 0 Å². The van der Waals surface area contributed by atoms with Crippen LogP contribution in [0.1, 0.15) is 43.4 Å². The van der Waals surface area contributed by atoms with Gasteiger partial charge in [0.1, 0.15) is 11.3 Å². The number of halogens is 1. The summed E-state index contributed by atoms with van der Waals surface area (Å²) in [5.74, 6) is 1.74. The van der Waals surface area contributed by atoms with Crippen LogP contribution in [0.4, 0.5) is 0 Å². The lowest BCUT2D eigenvalue weighted by molar-refractivity contribution is 0.0574. The second kappa shape index (κ2) is 10.8. The monoisotopic (exact) mass is 471 g/mol. The van der Waals surface area contributed by atoms with Gasteiger partial charge in [0.25, 0.3) is 0 Å². The van der Waals surface area contributed by atoms with Gasteiger partial charge in [0, 0.05) is 31.1 Å². The molecular weight excluding hydrogens is 441 g/mol. The normalized spacial score (nSPS) is 15.2. The predicted octanol–water partition coefficient (Wildman–Crippen LogP) is 4.37. The first-order valence-corrected chi connectivity index (χ1v) is 9.31. The maximum absolute atomic E-state index is 5.93. The highest BCUT2D eigenvalue weighted by molar-refractivity contribution is 14.0. The van der Waals surface area contributed by atoms with Gasteiger partial charge >= 0.3 is 0 Å². The van der Waals surface area contributed by atoms with E-state index < -0.39 is 0 Å². The molecule has 2 aromatic rings. The fourth-order valence-corrected chi connectivity index (χ4v) is 3.36. The Balaban J connectivity index is 0.00000243. The average molecular weight is 471 g/mol. The first-order chi connectivity index (χ1) is 12.3. The Morgan fingerprint density at radius 1 is 1.23 bits per heavy atom. The SMILES string of the molecule is CN=C(NCCCOC1CCCC1)NCc1oc2ccccc2c1C.I. The Hall–Kier alpha value is -1.28. The van der Waals surface area contributed by atoms with Crippen LogP contribution in [-0.4, -0.2) is 32.3 Å². The molecule has 0 atom stereocenters. The fourth-order valence-electron chi connectivity index (χ4n) is 3.36. The molecule has 0 radical (unpaired) electrons. The molecule has 1 aliphatic rings. The van der Waals surface area contributed by atoms with Crippen LogP contribution in [0.15, 0.2) is 33.7 Å². The molecular formula is C20H30IN3O2. The zero-order chi connectivity index (χ0) is 17.5. The Morgan fingerprint density at radius 2 is 2.00 bits per heavy atom. The highest BCUT2D eigenvalue weighted by Crippen LogP contribution is 2.24. The quantitative estimate of drug-likeness (QED) is 0.273. The van der Waals surface area contributed by atoms with E-state index in [0.717, 1.165) is 36.9 Å². The van der Waals surface area contributed by atoms with E-state index in [1.54, 1.807) is 7.05 Å². The summed E-state index contributed by atoms with van der Waals surface area (Å²) in [5, 5.41) is 7.83. The topological polar surface area (TPSA) is 58.8 Å². The maximum Gasteiger partial charge on any atom is 0.191 e. The second-order valence-corrected chi connectivity index (χ2v) is 6.63. The molecule has 1 heterocycles. The first-order valence-electron chi connectivity index (χ1n) is 9.31. The standard InChI is InChI=1S/C20H29N3O2.HI/c1-15-17-10-5-6-11-18(17)25-19(15)14-23-20(21-2)22-12-7-13-24-16-8-3-4-9-16;/h5-6,10-11,16H,3-4,7-9,12-14H2,1-2H3,(H2,21,22,23);1H. The van der Waals surface area contributed by atoms with Gasteiger partial charge in [-0.05, 0) is 32.3 Å². The van der Waals surface area contributed by atoms with Gasteiger partial charge in [-0.3, -0.25) is 4.99 Å². The number of nitrogens with one attached hydrogen (secondary N) is 2. The van der Waals surface area contributed by atoms with E-state index >= 15 is 0 Å². The molecule has 0 unspecified atom stereocenters. The van der Waals surface area contributed by atoms with E-state index in [1.807, 2.05) is 18.2 Å². The minimum Gasteiger partial charge on any atom is -0.459 e. The van der Waals surface area contributed by atoms with Crippen LogP contribution in [0, 0.1) is 6.92 Å². The molecule has 0 amide bonds. The van der Waals surface area contributed by atoms with Gasteiger partial charge in [0.05, 0.1) is 12.6 Å². The summed E-state index contributed by atoms with van der Waals surface area (Å²) in [4.78, 5) is 4.27. The molecule has 26 heavy (non-hydrogen) atoms. The van der Waals surface area contributed by atoms with Gasteiger partial charge in [-0.2, -0.15) is 0 Å². The van der Waals surface area contributed by atoms with E-state index in [1.165, 1.54) is 36.6 Å². The number of furan rings is 1. The number of fused-ring (bicyclic) bond motifs is 1. The van der Waals surface area contributed by atoms with Crippen molar-refractivity contribution in [1.29, 1.82) is 0 Å². The molecule has 1 saturated carbocycles. The molecule has 3 rings (SSSR count). The molecule has 1 aromatic carbocycles. The summed E-state index contributed by atoms with van der Waals surface area (Å²) in [5.41, 5.74) is 2.12. The first kappa shape index (κ1) is 21.0. The summed E-state index contributed by atoms with van der Waals surface area (Å²) in [6, 6.07) is 8.13. The Bertz CT molecular complexity index is 708. The Kier molecular flexibility index (Phi) is 8.71. The van der Waals surface area contributed by atoms with E-state index in [-0.39, 0.29) is 24.0 Å². The van der Waals surface area contributed by atoms with Crippen LogP contribution in [0.5, 0.6) is 0 Å². The number of nitrogens with zero attached hydrogens (tertiary/aromatic N) is 1. The fraction of sp³-hybridized carbons (Fsp3) is 0.550. The highest BCUT2D eigenvalue weighted by atomic mass is 127. The summed E-state index contributed by atoms with van der Waals surface area (Å²) in [6.45, 7) is 4.39. The molecule has 1 fully saturated rings. The lowest BCUT2D eigenvalue weighted by Gasteiger charge is -2.13. The van der Waals surface area contributed by atoms with Crippen LogP contribution in [0.2, 0.25) is 0 Å². The minimum absolute atomic E-state index is 0. The maximum atomic E-state index is 5.93. The van der Waals surface area contributed by atoms with E-state index in [2.05, 4.69) is 28.6 Å². The zero-order valence-corrected chi connectivity index (χ0v) is 18.0. The van der Waals surface area contributed by atoms with Crippen LogP contribution >= 0.6 is 24.0 Å². The summed E-state index contributed by atoms with van der Waals surface area (Å²) < 4.78 is 11.8. The number of benzene rings is 1. The van der Waals surface area contributed by atoms with Crippen molar-refractivity contribution in [1.82, 2.24) is 10.6 Å². The highest BCUT2D eigenvalue weighted by Gasteiger charge is 2.14. The van der Waals surface area contributed by atoms with Crippen molar-refractivity contribution in [3.8, 4) is 0 Å². The zero-order valence-electron chi connectivity index (χ0n) is 15.7. The van der Waals surface area contributed by atoms with Crippen molar-refractivity contribution in [2.45, 2.75) is 51.7 Å². The lowest BCUT2D eigenvalue weighted by Crippen LogP contribution is -2.37. The van der Waals surface area contributed by atoms with Crippen molar-refractivity contribution in [2.24, 2.45) is 4.99 Å². The summed E-state index contributed by atoms with van der Waals surface area (Å²) in [7, 11) is 1.79. The van der Waals surface area contributed by atoms with Crippen molar-refractivity contribution in [2.75, 3.05) is 20.2 Å². The second-order valence-electron chi connectivity index (χ2n) is 6.63. The van der Waals surface area contributed by atoms with E-state index in [0.29, 0.717) is 12.6 Å². The number of aliphatic imine (C=N–C) groups is 1. The number of ether oxygens (including phenoxy) is 1. The number of guanidine groups is 1. The summed E-state index contributed by atoms with van der Waals surface area (Å²) >= 11 is 0. The molecule has 0 saturated heterocycles. The largest absolute Gasteiger partial charge is 0.459 e. The molecule has 6 heteroatoms. The molecule has 144 valence electrons. The van der Waals surface area contributed by atoms with Gasteiger partial charge in [-0.25, -0.2) is 0 Å². The number of hydrogen-bond acceptors (Lipinski definition) is 3. The van der Waals surface area contributed by atoms with Gasteiger partial charge in [-0.15, -0.1) is 24.0 Å². The number of para-hydroxylation sites is 1. The van der Waals surface area contributed by atoms with Crippen molar-refractivity contribution < 1.29 is 9.15 Å². The third-order valence-corrected chi connectivity index (χ3v) is 4.85. The molecule has 1 aromatic heterocycles. The molecule has 0 bridgehead atoms. The van der Waals surface area contributed by atoms with E-state index in [9.17, 15) is 0 Å². The molecule has 5 nitrogen and oxygen atoms in total. The minimum atomic E-state index is 0. The van der Waals surface area contributed by atoms with Gasteiger partial charge < -0.3 is 19.8 Å². The van der Waals surface area contributed by atoms with Crippen LogP contribution in [0.25, 0.3) is 11.0 Å². The van der Waals surface area contributed by atoms with Crippen molar-refractivity contribution >= 4 is 40.9 Å². The lowest BCUT2D eigenvalue weighted by atomic mass is 10.1. The number of rotatable bonds is 7. The smallest absolute Gasteiger partial charge is 0.191 e. The van der Waals surface area contributed by atoms with E-state index in [4.69, 9.17) is 9.15 Å². The van der Waals surface area contributed by atoms with Gasteiger partial charge in [0.2, 0.25) is 0 Å². The van der Waals surface area contributed by atoms with Crippen LogP contribution in [-0.2, 0) is 11.3 Å². The number of aryl methyl sites for hydroxylation is 1. The van der Waals surface area contributed by atoms with Gasteiger partial charge in [0.15, 0.2) is 5.96 Å². The van der Waals surface area contributed by atoms with Crippen LogP contribution < -0.4 is 10.6 Å². The van der Waals surface area contributed by atoms with Gasteiger partial charge in [-0.1, -0.05) is 31.0 Å². The predicted molar refractivity (Wildman–Crippen MR) is 117 cm³/mol. The molecule has 0 aliphatic heterocycles. The number of hydrogen-bond donors (Lipinski definition) is 2. The average Bonchev–Trinajstić information content (AvgIpc) is 3.26. The molecule has 0 spiro atoms. The third kappa shape index (κ3) is 5.61. The third-order valence-electron chi connectivity index (χ3n) is 4.85. The Labute approximate surface area is 173 Å². The summed E-state index contributed by atoms with van der Waals surface area (Å²) in [6.07, 6.45) is 6.58. The van der Waals surface area contributed by atoms with Crippen molar-refractivity contribution in [3.63, 3.8) is 0 Å². The van der Waals surface area contributed by atoms with Crippen molar-refractivity contribution in [3.05, 3.63) is 35.6 Å². The molecule has 2 N–H and O–H groups in total. The Morgan fingerprint density at radius 3 is 2.73 bits per heavy atom. The molecule has 1 aliphatic carbocycles.